The Morgan fingerprint density at radius 2 is 1.90 bits per heavy atom. The maximum Gasteiger partial charge on any atom is 0.359 e. The van der Waals surface area contributed by atoms with Crippen molar-refractivity contribution >= 4 is 36.2 Å². The third kappa shape index (κ3) is 5.31. The van der Waals surface area contributed by atoms with E-state index in [0.717, 1.165) is 18.7 Å². The van der Waals surface area contributed by atoms with E-state index in [-0.39, 0.29) is 12.8 Å². The first-order chi connectivity index (χ1) is 13.1. The second-order valence-electron chi connectivity index (χ2n) is 7.93. The highest BCUT2D eigenvalue weighted by atomic mass is 127. The molecule has 0 saturated carbocycles. The zero-order valence-electron chi connectivity index (χ0n) is 16.5. The molecule has 0 spiro atoms. The average molecular weight is 550 g/mol. The molecule has 0 bridgehead atoms. The zero-order chi connectivity index (χ0) is 22.4. The lowest BCUT2D eigenvalue weighted by molar-refractivity contribution is -0.0791. The Bertz CT molecular complexity index is 715. The smallest absolute Gasteiger partial charge is 0.359 e. The van der Waals surface area contributed by atoms with Crippen molar-refractivity contribution in [2.45, 2.75) is 82.2 Å². The quantitative estimate of drug-likeness (QED) is 0.196. The van der Waals surface area contributed by atoms with Crippen LogP contribution >= 0.6 is 30.2 Å². The molecule has 0 aromatic carbocycles. The fourth-order valence-corrected chi connectivity index (χ4v) is 4.40. The predicted molar refractivity (Wildman–Crippen MR) is 110 cm³/mol. The third-order valence-corrected chi connectivity index (χ3v) is 7.99. The molecule has 2 amide bonds. The van der Waals surface area contributed by atoms with Crippen LogP contribution in [0.2, 0.25) is 0 Å². The maximum absolute atomic E-state index is 12.4. The van der Waals surface area contributed by atoms with Crippen molar-refractivity contribution in [3.63, 3.8) is 0 Å². The van der Waals surface area contributed by atoms with Gasteiger partial charge in [-0.2, -0.15) is 0 Å². The third-order valence-electron chi connectivity index (χ3n) is 5.05. The molecule has 7 atom stereocenters. The average Bonchev–Trinajstić information content (AvgIpc) is 2.85. The molecule has 13 heteroatoms. The summed E-state index contributed by atoms with van der Waals surface area (Å²) in [5.74, 6) is 0. The lowest BCUT2D eigenvalue weighted by atomic mass is 9.93. The van der Waals surface area contributed by atoms with Crippen LogP contribution in [-0.2, 0) is 13.8 Å². The number of aliphatic hydroxyl groups excluding tert-OH is 3. The molecule has 168 valence electrons. The van der Waals surface area contributed by atoms with Gasteiger partial charge in [-0.25, -0.2) is 4.79 Å². The van der Waals surface area contributed by atoms with E-state index in [1.165, 1.54) is 13.1 Å². The van der Waals surface area contributed by atoms with E-state index in [4.69, 9.17) is 9.26 Å². The number of halogens is 1. The van der Waals surface area contributed by atoms with Crippen molar-refractivity contribution in [1.29, 1.82) is 0 Å². The monoisotopic (exact) mass is 550 g/mol. The molecule has 0 radical (unpaired) electrons. The van der Waals surface area contributed by atoms with Crippen LogP contribution in [0.1, 0.15) is 40.5 Å². The molecule has 2 rings (SSSR count). The molecule has 0 aromatic heterocycles. The number of nitrogens with zero attached hydrogens (tertiary/aromatic N) is 1. The molecule has 6 N–H and O–H groups in total. The number of carbonyl (C=O) groups excluding carboxylic acids is 1. The van der Waals surface area contributed by atoms with Gasteiger partial charge in [-0.1, -0.05) is 6.92 Å². The minimum absolute atomic E-state index is 0.0856. The van der Waals surface area contributed by atoms with Gasteiger partial charge >= 0.3 is 13.6 Å². The lowest BCUT2D eigenvalue weighted by Gasteiger charge is -2.36. The van der Waals surface area contributed by atoms with Gasteiger partial charge in [-0.3, -0.25) is 9.46 Å². The van der Waals surface area contributed by atoms with E-state index in [0.29, 0.717) is 3.58 Å². The van der Waals surface area contributed by atoms with Crippen molar-refractivity contribution in [1.82, 2.24) is 10.2 Å². The van der Waals surface area contributed by atoms with Gasteiger partial charge in [0.25, 0.3) is 0 Å². The van der Waals surface area contributed by atoms with Gasteiger partial charge in [0.05, 0.1) is 15.3 Å². The largest absolute Gasteiger partial charge is 0.388 e. The first kappa shape index (κ1) is 25.0. The number of rotatable bonds is 7. The summed E-state index contributed by atoms with van der Waals surface area (Å²) in [6.07, 6.45) is -4.82. The van der Waals surface area contributed by atoms with Crippen molar-refractivity contribution in [3.05, 3.63) is 9.78 Å². The summed E-state index contributed by atoms with van der Waals surface area (Å²) in [5.41, 5.74) is -1.27. The highest BCUT2D eigenvalue weighted by Crippen LogP contribution is 2.57. The van der Waals surface area contributed by atoms with Crippen molar-refractivity contribution in [2.75, 3.05) is 0 Å². The molecule has 2 heterocycles. The molecule has 1 saturated heterocycles. The summed E-state index contributed by atoms with van der Waals surface area (Å²) >= 11 is 1.81. The van der Waals surface area contributed by atoms with Crippen LogP contribution < -0.4 is 5.32 Å². The van der Waals surface area contributed by atoms with E-state index in [9.17, 15) is 34.7 Å². The van der Waals surface area contributed by atoms with Crippen LogP contribution in [-0.4, -0.2) is 78.0 Å². The summed E-state index contributed by atoms with van der Waals surface area (Å²) in [7, 11) is -4.43. The minimum atomic E-state index is -4.43. The normalized spacial score (nSPS) is 35.0. The molecule has 2 aliphatic heterocycles. The molecule has 2 aliphatic rings. The van der Waals surface area contributed by atoms with Gasteiger partial charge in [0.15, 0.2) is 17.8 Å². The van der Waals surface area contributed by atoms with Gasteiger partial charge < -0.3 is 39.9 Å². The highest BCUT2D eigenvalue weighted by molar-refractivity contribution is 14.1. The van der Waals surface area contributed by atoms with E-state index in [2.05, 4.69) is 5.32 Å². The standard InChI is InChI=1S/C16H28IN2O9P/c1-5-16(4,28-29(25,26)15(2,3)24)6-9-10(20)11(21)13(27-9)19-7-8(17)12(22)18-14(19)23/h7,9-13,20-22,24H,5-6H2,1-4H3,(H,18,23)(H,25,26)/t9-,10-,11-,12?,13-,16?/m1/s1. The van der Waals surface area contributed by atoms with Crippen molar-refractivity contribution in [2.24, 2.45) is 0 Å². The van der Waals surface area contributed by atoms with Gasteiger partial charge in [0.1, 0.15) is 12.2 Å². The van der Waals surface area contributed by atoms with Crippen molar-refractivity contribution < 1.29 is 43.9 Å². The Morgan fingerprint density at radius 1 is 1.31 bits per heavy atom. The van der Waals surface area contributed by atoms with Crippen LogP contribution in [0.15, 0.2) is 9.78 Å². The molecule has 1 fully saturated rings. The predicted octanol–water partition coefficient (Wildman–Crippen LogP) is 0.542. The summed E-state index contributed by atoms with van der Waals surface area (Å²) in [6, 6.07) is -0.716. The highest BCUT2D eigenvalue weighted by Gasteiger charge is 2.51. The Kier molecular flexibility index (Phi) is 7.46. The second kappa shape index (κ2) is 8.67. The molecule has 29 heavy (non-hydrogen) atoms. The number of aliphatic hydroxyl groups is 4. The van der Waals surface area contributed by atoms with Crippen LogP contribution in [0.3, 0.4) is 0 Å². The molecule has 3 unspecified atom stereocenters. The van der Waals surface area contributed by atoms with Crippen LogP contribution in [0.4, 0.5) is 4.79 Å². The van der Waals surface area contributed by atoms with E-state index < -0.39 is 55.3 Å². The number of amides is 2. The number of hydrogen-bond donors (Lipinski definition) is 6. The molecule has 0 aromatic rings. The summed E-state index contributed by atoms with van der Waals surface area (Å²) in [5, 5.41) is 40.7. The molecule has 11 nitrogen and oxygen atoms in total. The van der Waals surface area contributed by atoms with E-state index >= 15 is 0 Å². The Balaban J connectivity index is 2.19. The SMILES string of the molecule is CCC(C)(C[C@H]1O[C@@H](N2C=C(I)C(O)NC2=O)[C@H](O)[C@@H]1O)OP(=O)(O)C(C)(C)O. The Hall–Kier alpha value is -0.310. The molecular formula is C16H28IN2O9P. The number of urea groups is 1. The first-order valence-corrected chi connectivity index (χ1v) is 11.7. The fraction of sp³-hybridized carbons (Fsp3) is 0.812. The minimum Gasteiger partial charge on any atom is -0.388 e. The van der Waals surface area contributed by atoms with Gasteiger partial charge in [-0.15, -0.1) is 0 Å². The van der Waals surface area contributed by atoms with E-state index in [1.807, 2.05) is 22.6 Å². The number of nitrogens with one attached hydrogen (secondary N) is 1. The zero-order valence-corrected chi connectivity index (χ0v) is 19.6. The summed E-state index contributed by atoms with van der Waals surface area (Å²) in [6.45, 7) is 5.54. The van der Waals surface area contributed by atoms with Gasteiger partial charge in [0, 0.05) is 12.6 Å². The number of hydrogen-bond acceptors (Lipinski definition) is 8. The summed E-state index contributed by atoms with van der Waals surface area (Å²) in [4.78, 5) is 23.3. The molecular weight excluding hydrogens is 522 g/mol. The van der Waals surface area contributed by atoms with Gasteiger partial charge in [-0.05, 0) is 49.8 Å². The Labute approximate surface area is 182 Å². The Morgan fingerprint density at radius 3 is 2.41 bits per heavy atom. The first-order valence-electron chi connectivity index (χ1n) is 9.03. The molecule has 0 aliphatic carbocycles. The number of ether oxygens (including phenoxy) is 1. The van der Waals surface area contributed by atoms with Crippen molar-refractivity contribution in [3.8, 4) is 0 Å². The lowest BCUT2D eigenvalue weighted by Crippen LogP contribution is -2.53. The second-order valence-corrected chi connectivity index (χ2v) is 11.5. The van der Waals surface area contributed by atoms with Crippen LogP contribution in [0.25, 0.3) is 0 Å². The number of carbonyl (C=O) groups is 1. The topological polar surface area (TPSA) is 169 Å². The van der Waals surface area contributed by atoms with Gasteiger partial charge in [0.2, 0.25) is 0 Å². The maximum atomic E-state index is 12.4. The summed E-state index contributed by atoms with van der Waals surface area (Å²) < 4.78 is 23.8. The fourth-order valence-electron chi connectivity index (χ4n) is 2.92. The van der Waals surface area contributed by atoms with E-state index in [1.54, 1.807) is 6.92 Å². The van der Waals surface area contributed by atoms with Crippen LogP contribution in [0.5, 0.6) is 0 Å². The van der Waals surface area contributed by atoms with Crippen LogP contribution in [0, 0.1) is 0 Å².